The summed E-state index contributed by atoms with van der Waals surface area (Å²) in [7, 11) is -2.95. The minimum absolute atomic E-state index is 0.102. The van der Waals surface area contributed by atoms with Gasteiger partial charge in [0.25, 0.3) is 0 Å². The van der Waals surface area contributed by atoms with Crippen LogP contribution in [-0.4, -0.2) is 37.4 Å². The first kappa shape index (κ1) is 15.5. The Morgan fingerprint density at radius 1 is 1.33 bits per heavy atom. The van der Waals surface area contributed by atoms with Crippen molar-refractivity contribution >= 4 is 21.6 Å². The van der Waals surface area contributed by atoms with Crippen molar-refractivity contribution in [2.45, 2.75) is 23.8 Å². The fraction of sp³-hybridized carbons (Fsp3) is 0.500. The molecule has 0 aliphatic carbocycles. The molecule has 3 nitrogen and oxygen atoms in total. The molecule has 0 heterocycles. The molecule has 1 aromatic carbocycles. The van der Waals surface area contributed by atoms with Crippen molar-refractivity contribution in [1.29, 1.82) is 0 Å². The van der Waals surface area contributed by atoms with Gasteiger partial charge in [-0.25, -0.2) is 12.8 Å². The first-order valence-corrected chi connectivity index (χ1v) is 8.65. The van der Waals surface area contributed by atoms with Crippen LogP contribution in [0.4, 0.5) is 4.39 Å². The summed E-state index contributed by atoms with van der Waals surface area (Å²) >= 11 is 1.43. The lowest BCUT2D eigenvalue weighted by Gasteiger charge is -2.09. The summed E-state index contributed by atoms with van der Waals surface area (Å²) in [4.78, 5) is 0.888. The number of aliphatic hydroxyl groups is 1. The fourth-order valence-electron chi connectivity index (χ4n) is 1.39. The van der Waals surface area contributed by atoms with Gasteiger partial charge in [0.05, 0.1) is 6.10 Å². The molecule has 1 aromatic rings. The molecule has 1 atom stereocenters. The van der Waals surface area contributed by atoms with Gasteiger partial charge in [0, 0.05) is 22.7 Å². The Labute approximate surface area is 111 Å². The number of rotatable bonds is 7. The van der Waals surface area contributed by atoms with Gasteiger partial charge in [0.2, 0.25) is 0 Å². The van der Waals surface area contributed by atoms with Crippen LogP contribution in [0.1, 0.15) is 12.8 Å². The summed E-state index contributed by atoms with van der Waals surface area (Å²) in [6.45, 7) is 0. The van der Waals surface area contributed by atoms with Gasteiger partial charge in [-0.15, -0.1) is 11.8 Å². The number of thioether (sulfide) groups is 1. The van der Waals surface area contributed by atoms with Gasteiger partial charge >= 0.3 is 0 Å². The summed E-state index contributed by atoms with van der Waals surface area (Å²) in [5.41, 5.74) is 0. The molecule has 0 bridgehead atoms. The summed E-state index contributed by atoms with van der Waals surface area (Å²) in [5.74, 6) is 0.300. The Balaban J connectivity index is 2.24. The highest BCUT2D eigenvalue weighted by atomic mass is 32.2. The Morgan fingerprint density at radius 2 is 1.94 bits per heavy atom. The first-order valence-electron chi connectivity index (χ1n) is 5.61. The van der Waals surface area contributed by atoms with Gasteiger partial charge in [-0.05, 0) is 37.1 Å². The number of hydrogen-bond acceptors (Lipinski definition) is 4. The molecule has 0 amide bonds. The largest absolute Gasteiger partial charge is 0.392 e. The van der Waals surface area contributed by atoms with Crippen molar-refractivity contribution in [3.8, 4) is 0 Å². The lowest BCUT2D eigenvalue weighted by Crippen LogP contribution is -2.12. The molecular formula is C12H17FO3S2. The summed E-state index contributed by atoms with van der Waals surface area (Å²) < 4.78 is 34.5. The van der Waals surface area contributed by atoms with E-state index < -0.39 is 15.9 Å². The zero-order chi connectivity index (χ0) is 13.6. The molecule has 0 fully saturated rings. The molecular weight excluding hydrogens is 275 g/mol. The molecule has 1 rings (SSSR count). The molecule has 1 unspecified atom stereocenters. The molecule has 0 aliphatic heterocycles. The van der Waals surface area contributed by atoms with E-state index in [1.165, 1.54) is 30.2 Å². The highest BCUT2D eigenvalue weighted by Gasteiger charge is 2.08. The smallest absolute Gasteiger partial charge is 0.147 e. The van der Waals surface area contributed by atoms with Crippen molar-refractivity contribution in [1.82, 2.24) is 0 Å². The second-order valence-electron chi connectivity index (χ2n) is 4.19. The van der Waals surface area contributed by atoms with Crippen LogP contribution in [0.15, 0.2) is 29.2 Å². The molecule has 1 N–H and O–H groups in total. The van der Waals surface area contributed by atoms with E-state index in [0.717, 1.165) is 4.90 Å². The molecule has 0 aromatic heterocycles. The van der Waals surface area contributed by atoms with Crippen LogP contribution in [0.5, 0.6) is 0 Å². The van der Waals surface area contributed by atoms with Crippen molar-refractivity contribution < 1.29 is 17.9 Å². The third kappa shape index (κ3) is 6.98. The maximum Gasteiger partial charge on any atom is 0.147 e. The molecule has 0 saturated carbocycles. The minimum atomic E-state index is -2.95. The highest BCUT2D eigenvalue weighted by Crippen LogP contribution is 2.20. The van der Waals surface area contributed by atoms with Gasteiger partial charge in [-0.3, -0.25) is 0 Å². The maximum atomic E-state index is 12.6. The minimum Gasteiger partial charge on any atom is -0.392 e. The second kappa shape index (κ2) is 7.11. The van der Waals surface area contributed by atoms with Crippen molar-refractivity contribution in [2.24, 2.45) is 0 Å². The number of aliphatic hydroxyl groups excluding tert-OH is 1. The second-order valence-corrected chi connectivity index (χ2v) is 7.54. The van der Waals surface area contributed by atoms with Crippen molar-refractivity contribution in [3.05, 3.63) is 30.1 Å². The lowest BCUT2D eigenvalue weighted by molar-refractivity contribution is 0.188. The van der Waals surface area contributed by atoms with Crippen molar-refractivity contribution in [3.63, 3.8) is 0 Å². The third-order valence-corrected chi connectivity index (χ3v) is 4.50. The lowest BCUT2D eigenvalue weighted by atomic mass is 10.2. The summed E-state index contributed by atoms with van der Waals surface area (Å²) in [5, 5.41) is 9.67. The molecule has 102 valence electrons. The standard InChI is InChI=1S/C12H17FO3S2/c1-18(15,16)8-2-3-11(14)9-17-12-6-4-10(13)5-7-12/h4-7,11,14H,2-3,8-9H2,1H3. The highest BCUT2D eigenvalue weighted by molar-refractivity contribution is 7.99. The van der Waals surface area contributed by atoms with Crippen LogP contribution in [0.3, 0.4) is 0 Å². The average molecular weight is 292 g/mol. The van der Waals surface area contributed by atoms with Gasteiger partial charge < -0.3 is 5.11 Å². The third-order valence-electron chi connectivity index (χ3n) is 2.31. The number of benzene rings is 1. The van der Waals surface area contributed by atoms with E-state index in [0.29, 0.717) is 18.6 Å². The van der Waals surface area contributed by atoms with Crippen LogP contribution in [0.2, 0.25) is 0 Å². The van der Waals surface area contributed by atoms with Crippen molar-refractivity contribution in [2.75, 3.05) is 17.8 Å². The van der Waals surface area contributed by atoms with Gasteiger partial charge in [0.1, 0.15) is 15.7 Å². The zero-order valence-electron chi connectivity index (χ0n) is 10.2. The monoisotopic (exact) mass is 292 g/mol. The summed E-state index contributed by atoms with van der Waals surface area (Å²) in [6.07, 6.45) is 1.57. The fourth-order valence-corrected chi connectivity index (χ4v) is 2.96. The quantitative estimate of drug-likeness (QED) is 0.782. The number of halogens is 1. The molecule has 0 saturated heterocycles. The number of sulfone groups is 1. The van der Waals surface area contributed by atoms with Crippen LogP contribution in [0.25, 0.3) is 0 Å². The molecule has 0 radical (unpaired) electrons. The molecule has 0 aliphatic rings. The predicted octanol–water partition coefficient (Wildman–Crippen LogP) is 2.10. The first-order chi connectivity index (χ1) is 8.37. The Kier molecular flexibility index (Phi) is 6.11. The van der Waals surface area contributed by atoms with E-state index in [9.17, 15) is 17.9 Å². The molecule has 0 spiro atoms. The van der Waals surface area contributed by atoms with E-state index in [-0.39, 0.29) is 11.6 Å². The topological polar surface area (TPSA) is 54.4 Å². The maximum absolute atomic E-state index is 12.6. The van der Waals surface area contributed by atoms with Gasteiger partial charge in [-0.1, -0.05) is 0 Å². The predicted molar refractivity (Wildman–Crippen MR) is 72.1 cm³/mol. The Hall–Kier alpha value is -0.590. The SMILES string of the molecule is CS(=O)(=O)CCCC(O)CSc1ccc(F)cc1. The van der Waals surface area contributed by atoms with Crippen LogP contribution in [-0.2, 0) is 9.84 Å². The van der Waals surface area contributed by atoms with E-state index in [4.69, 9.17) is 0 Å². The van der Waals surface area contributed by atoms with Crippen LogP contribution in [0, 0.1) is 5.82 Å². The van der Waals surface area contributed by atoms with E-state index >= 15 is 0 Å². The van der Waals surface area contributed by atoms with E-state index in [1.54, 1.807) is 12.1 Å². The van der Waals surface area contributed by atoms with Gasteiger partial charge in [0.15, 0.2) is 0 Å². The average Bonchev–Trinajstić information content (AvgIpc) is 2.26. The molecule has 6 heteroatoms. The van der Waals surface area contributed by atoms with Crippen LogP contribution >= 0.6 is 11.8 Å². The molecule has 18 heavy (non-hydrogen) atoms. The Morgan fingerprint density at radius 3 is 2.50 bits per heavy atom. The Bertz CT molecular complexity index is 457. The summed E-state index contributed by atoms with van der Waals surface area (Å²) in [6, 6.07) is 6.06. The van der Waals surface area contributed by atoms with E-state index in [1.807, 2.05) is 0 Å². The number of hydrogen-bond donors (Lipinski definition) is 1. The normalized spacial score (nSPS) is 13.5. The van der Waals surface area contributed by atoms with Crippen LogP contribution < -0.4 is 0 Å². The zero-order valence-corrected chi connectivity index (χ0v) is 11.8. The van der Waals surface area contributed by atoms with Gasteiger partial charge in [-0.2, -0.15) is 0 Å². The van der Waals surface area contributed by atoms with E-state index in [2.05, 4.69) is 0 Å².